The Kier molecular flexibility index (Phi) is 12.6. The molecule has 0 bridgehead atoms. The molecule has 0 saturated carbocycles. The first kappa shape index (κ1) is 30.4. The van der Waals surface area contributed by atoms with Crippen molar-refractivity contribution in [3.63, 3.8) is 0 Å². The minimum Gasteiger partial charge on any atom is -0.490 e. The molecule has 0 aliphatic rings. The van der Waals surface area contributed by atoms with Crippen molar-refractivity contribution in [1.82, 2.24) is 10.1 Å². The summed E-state index contributed by atoms with van der Waals surface area (Å²) in [5, 5.41) is 12.5. The van der Waals surface area contributed by atoms with Gasteiger partial charge in [-0.3, -0.25) is 0 Å². The van der Waals surface area contributed by atoms with E-state index in [0.717, 1.165) is 17.7 Å². The Balaban J connectivity index is 1.44. The molecule has 1 aromatic heterocycles. The number of rotatable bonds is 18. The summed E-state index contributed by atoms with van der Waals surface area (Å²) in [7, 11) is 0. The fraction of sp³-hybridized carbons (Fsp3) is 0.462. The van der Waals surface area contributed by atoms with Crippen LogP contribution in [0.15, 0.2) is 47.0 Å². The van der Waals surface area contributed by atoms with Gasteiger partial charge in [0.2, 0.25) is 5.82 Å². The molecule has 1 N–H and O–H groups in total. The van der Waals surface area contributed by atoms with Crippen LogP contribution in [0, 0.1) is 0 Å². The van der Waals surface area contributed by atoms with E-state index in [1.807, 2.05) is 12.1 Å². The third kappa shape index (κ3) is 10.2. The van der Waals surface area contributed by atoms with Crippen molar-refractivity contribution >= 4 is 0 Å². The zero-order chi connectivity index (χ0) is 27.9. The van der Waals surface area contributed by atoms with E-state index in [4.69, 9.17) is 33.3 Å². The van der Waals surface area contributed by atoms with E-state index >= 15 is 0 Å². The van der Waals surface area contributed by atoms with Gasteiger partial charge in [0.15, 0.2) is 0 Å². The topological polar surface area (TPSA) is 105 Å². The van der Waals surface area contributed by atoms with Gasteiger partial charge in [-0.25, -0.2) is 4.39 Å². The molecule has 0 aliphatic carbocycles. The Hall–Kier alpha value is -3.10. The van der Waals surface area contributed by atoms with Crippen LogP contribution in [0.1, 0.15) is 11.1 Å². The molecule has 0 fully saturated rings. The predicted octanol–water partition coefficient (Wildman–Crippen LogP) is 4.33. The second kappa shape index (κ2) is 16.1. The fourth-order valence-corrected chi connectivity index (χ4v) is 3.28. The van der Waals surface area contributed by atoms with Crippen LogP contribution < -0.4 is 4.74 Å². The van der Waals surface area contributed by atoms with Gasteiger partial charge in [-0.2, -0.15) is 18.2 Å². The summed E-state index contributed by atoms with van der Waals surface area (Å²) in [6.45, 7) is 1.78. The molecule has 0 unspecified atom stereocenters. The Labute approximate surface area is 222 Å². The van der Waals surface area contributed by atoms with Crippen LogP contribution >= 0.6 is 0 Å². The standard InChI is InChI=1S/C26H30F4N2O7/c27-7-9-38-23-6-5-21(17-22(23)26(28,29)30)25-31-24(32-39-25)20-3-1-19(2-4-20)18-37-16-15-36-14-13-35-12-11-34-10-8-33/h1-6,17,33H,7-16,18H2. The average Bonchev–Trinajstić information content (AvgIpc) is 3.43. The Morgan fingerprint density at radius 2 is 1.38 bits per heavy atom. The molecule has 13 heteroatoms. The van der Waals surface area contributed by atoms with Crippen molar-refractivity contribution in [3.8, 4) is 28.6 Å². The molecule has 0 aliphatic heterocycles. The van der Waals surface area contributed by atoms with E-state index in [0.29, 0.717) is 58.4 Å². The number of alkyl halides is 4. The monoisotopic (exact) mass is 558 g/mol. The van der Waals surface area contributed by atoms with E-state index in [9.17, 15) is 17.6 Å². The smallest absolute Gasteiger partial charge is 0.419 e. The number of ether oxygens (including phenoxy) is 5. The molecule has 3 aromatic rings. The molecular weight excluding hydrogens is 528 g/mol. The first-order valence-corrected chi connectivity index (χ1v) is 12.2. The van der Waals surface area contributed by atoms with Gasteiger partial charge >= 0.3 is 6.18 Å². The van der Waals surface area contributed by atoms with E-state index in [-0.39, 0.29) is 23.9 Å². The summed E-state index contributed by atoms with van der Waals surface area (Å²) in [5.41, 5.74) is 0.501. The van der Waals surface area contributed by atoms with Gasteiger partial charge in [0.05, 0.1) is 65.0 Å². The summed E-state index contributed by atoms with van der Waals surface area (Å²) >= 11 is 0. The average molecular weight is 559 g/mol. The molecule has 2 aromatic carbocycles. The summed E-state index contributed by atoms with van der Waals surface area (Å²) in [6, 6.07) is 10.4. The molecule has 0 spiro atoms. The first-order valence-electron chi connectivity index (χ1n) is 12.2. The molecule has 0 saturated heterocycles. The molecular formula is C26H30F4N2O7. The lowest BCUT2D eigenvalue weighted by Crippen LogP contribution is -2.12. The highest BCUT2D eigenvalue weighted by Gasteiger charge is 2.35. The zero-order valence-electron chi connectivity index (χ0n) is 21.1. The van der Waals surface area contributed by atoms with Crippen molar-refractivity contribution < 1.29 is 50.9 Å². The largest absolute Gasteiger partial charge is 0.490 e. The molecule has 3 rings (SSSR count). The highest BCUT2D eigenvalue weighted by Crippen LogP contribution is 2.38. The Bertz CT molecular complexity index is 1110. The number of halogens is 4. The summed E-state index contributed by atoms with van der Waals surface area (Å²) in [4.78, 5) is 4.21. The third-order valence-corrected chi connectivity index (χ3v) is 5.13. The van der Waals surface area contributed by atoms with Crippen molar-refractivity contribution in [3.05, 3.63) is 53.6 Å². The maximum absolute atomic E-state index is 13.4. The molecule has 9 nitrogen and oxygen atoms in total. The second-order valence-corrected chi connectivity index (χ2v) is 7.98. The molecule has 1 heterocycles. The van der Waals surface area contributed by atoms with Gasteiger partial charge in [-0.15, -0.1) is 0 Å². The summed E-state index contributed by atoms with van der Waals surface area (Å²) in [6.07, 6.45) is -4.71. The van der Waals surface area contributed by atoms with Gasteiger partial charge in [0, 0.05) is 11.1 Å². The SMILES string of the molecule is OCCOCCOCCOCCOCc1ccc(-c2noc(-c3ccc(OCCF)c(C(F)(F)F)c3)n2)cc1. The maximum atomic E-state index is 13.4. The van der Waals surface area contributed by atoms with E-state index in [1.54, 1.807) is 12.1 Å². The predicted molar refractivity (Wildman–Crippen MR) is 131 cm³/mol. The highest BCUT2D eigenvalue weighted by atomic mass is 19.4. The maximum Gasteiger partial charge on any atom is 0.419 e. The van der Waals surface area contributed by atoms with E-state index < -0.39 is 30.8 Å². The van der Waals surface area contributed by atoms with Gasteiger partial charge < -0.3 is 33.3 Å². The van der Waals surface area contributed by atoms with E-state index in [2.05, 4.69) is 10.1 Å². The van der Waals surface area contributed by atoms with E-state index in [1.165, 1.54) is 6.07 Å². The summed E-state index contributed by atoms with van der Waals surface area (Å²) in [5.74, 6) is -0.362. The van der Waals surface area contributed by atoms with Gasteiger partial charge in [-0.05, 0) is 23.8 Å². The molecule has 214 valence electrons. The summed E-state index contributed by atoms with van der Waals surface area (Å²) < 4.78 is 84.1. The molecule has 0 atom stereocenters. The Morgan fingerprint density at radius 3 is 2.00 bits per heavy atom. The molecule has 39 heavy (non-hydrogen) atoms. The third-order valence-electron chi connectivity index (χ3n) is 5.13. The second-order valence-electron chi connectivity index (χ2n) is 7.98. The number of hydrogen-bond acceptors (Lipinski definition) is 9. The number of aliphatic hydroxyl groups excluding tert-OH is 1. The zero-order valence-corrected chi connectivity index (χ0v) is 21.1. The normalized spacial score (nSPS) is 11.7. The number of nitrogens with zero attached hydrogens (tertiary/aromatic N) is 2. The van der Waals surface area contributed by atoms with Gasteiger partial charge in [0.1, 0.15) is 19.0 Å². The van der Waals surface area contributed by atoms with Crippen molar-refractivity contribution in [1.29, 1.82) is 0 Å². The number of hydrogen-bond donors (Lipinski definition) is 1. The fourth-order valence-electron chi connectivity index (χ4n) is 3.28. The van der Waals surface area contributed by atoms with Crippen molar-refractivity contribution in [2.75, 3.05) is 66.1 Å². The quantitative estimate of drug-likeness (QED) is 0.180. The lowest BCUT2D eigenvalue weighted by Gasteiger charge is -2.13. The number of aliphatic hydroxyl groups is 1. The van der Waals surface area contributed by atoms with Crippen LogP contribution in [0.4, 0.5) is 17.6 Å². The van der Waals surface area contributed by atoms with Crippen LogP contribution in [0.5, 0.6) is 5.75 Å². The first-order chi connectivity index (χ1) is 18.9. The molecule has 0 radical (unpaired) electrons. The van der Waals surface area contributed by atoms with Crippen LogP contribution in [0.2, 0.25) is 0 Å². The highest BCUT2D eigenvalue weighted by molar-refractivity contribution is 5.62. The lowest BCUT2D eigenvalue weighted by atomic mass is 10.1. The van der Waals surface area contributed by atoms with Gasteiger partial charge in [-0.1, -0.05) is 29.4 Å². The lowest BCUT2D eigenvalue weighted by molar-refractivity contribution is -0.138. The van der Waals surface area contributed by atoms with Crippen LogP contribution in [0.25, 0.3) is 22.8 Å². The minimum absolute atomic E-state index is 0.0116. The number of benzene rings is 2. The van der Waals surface area contributed by atoms with Crippen molar-refractivity contribution in [2.45, 2.75) is 12.8 Å². The van der Waals surface area contributed by atoms with Crippen LogP contribution in [-0.2, 0) is 31.7 Å². The van der Waals surface area contributed by atoms with Crippen LogP contribution in [-0.4, -0.2) is 81.4 Å². The Morgan fingerprint density at radius 1 is 0.769 bits per heavy atom. The molecule has 0 amide bonds. The van der Waals surface area contributed by atoms with Crippen LogP contribution in [0.3, 0.4) is 0 Å². The van der Waals surface area contributed by atoms with Crippen molar-refractivity contribution in [2.24, 2.45) is 0 Å². The van der Waals surface area contributed by atoms with Gasteiger partial charge in [0.25, 0.3) is 5.89 Å². The number of aromatic nitrogens is 2. The minimum atomic E-state index is -4.71.